The summed E-state index contributed by atoms with van der Waals surface area (Å²) in [7, 11) is 0. The van der Waals surface area contributed by atoms with E-state index in [9.17, 15) is 0 Å². The Bertz CT molecular complexity index is 87.3. The van der Waals surface area contributed by atoms with E-state index in [4.69, 9.17) is 4.74 Å². The first-order chi connectivity index (χ1) is 4.79. The molecule has 1 aliphatic heterocycles. The highest BCUT2D eigenvalue weighted by molar-refractivity contribution is 7.99. The molecule has 1 aliphatic rings. The lowest BCUT2D eigenvalue weighted by Crippen LogP contribution is -2.24. The minimum Gasteiger partial charge on any atom is -0.376 e. The third-order valence-corrected chi connectivity index (χ3v) is 2.68. The number of thioether (sulfide) groups is 1. The van der Waals surface area contributed by atoms with Crippen LogP contribution < -0.4 is 0 Å². The van der Waals surface area contributed by atoms with E-state index in [1.807, 2.05) is 11.8 Å². The lowest BCUT2D eigenvalue weighted by atomic mass is 10.1. The summed E-state index contributed by atoms with van der Waals surface area (Å²) in [6.45, 7) is 5.47. The zero-order valence-electron chi connectivity index (χ0n) is 6.80. The SMILES string of the molecule is CC(C)CC1CSCCO1. The van der Waals surface area contributed by atoms with Gasteiger partial charge >= 0.3 is 0 Å². The van der Waals surface area contributed by atoms with Gasteiger partial charge in [0, 0.05) is 11.5 Å². The molecule has 0 bridgehead atoms. The van der Waals surface area contributed by atoms with Gasteiger partial charge in [0.2, 0.25) is 0 Å². The van der Waals surface area contributed by atoms with Crippen molar-refractivity contribution < 1.29 is 4.74 Å². The summed E-state index contributed by atoms with van der Waals surface area (Å²) >= 11 is 2.02. The number of rotatable bonds is 2. The van der Waals surface area contributed by atoms with Crippen molar-refractivity contribution in [1.82, 2.24) is 0 Å². The number of hydrogen-bond acceptors (Lipinski definition) is 2. The first-order valence-electron chi connectivity index (χ1n) is 3.98. The molecule has 1 atom stereocenters. The monoisotopic (exact) mass is 160 g/mol. The van der Waals surface area contributed by atoms with Crippen LogP contribution in [-0.2, 0) is 4.74 Å². The van der Waals surface area contributed by atoms with E-state index in [0.29, 0.717) is 6.10 Å². The second kappa shape index (κ2) is 4.24. The van der Waals surface area contributed by atoms with Crippen molar-refractivity contribution in [2.45, 2.75) is 26.4 Å². The molecule has 0 radical (unpaired) electrons. The van der Waals surface area contributed by atoms with Gasteiger partial charge in [-0.1, -0.05) is 13.8 Å². The predicted molar refractivity (Wildman–Crippen MR) is 46.5 cm³/mol. The zero-order chi connectivity index (χ0) is 7.40. The van der Waals surface area contributed by atoms with Gasteiger partial charge in [0.25, 0.3) is 0 Å². The summed E-state index contributed by atoms with van der Waals surface area (Å²) in [6, 6.07) is 0. The Kier molecular flexibility index (Phi) is 3.57. The molecule has 0 aromatic heterocycles. The van der Waals surface area contributed by atoms with E-state index < -0.39 is 0 Å². The molecular formula is C8H16OS. The Morgan fingerprint density at radius 2 is 2.40 bits per heavy atom. The van der Waals surface area contributed by atoms with E-state index in [-0.39, 0.29) is 0 Å². The van der Waals surface area contributed by atoms with Gasteiger partial charge in [-0.25, -0.2) is 0 Å². The Balaban J connectivity index is 2.13. The van der Waals surface area contributed by atoms with Gasteiger partial charge < -0.3 is 4.74 Å². The van der Waals surface area contributed by atoms with Crippen LogP contribution in [0.15, 0.2) is 0 Å². The number of ether oxygens (including phenoxy) is 1. The second-order valence-corrected chi connectivity index (χ2v) is 4.35. The molecule has 1 fully saturated rings. The van der Waals surface area contributed by atoms with Crippen molar-refractivity contribution >= 4 is 11.8 Å². The molecule has 0 aromatic rings. The maximum Gasteiger partial charge on any atom is 0.0668 e. The second-order valence-electron chi connectivity index (χ2n) is 3.20. The fraction of sp³-hybridized carbons (Fsp3) is 1.00. The lowest BCUT2D eigenvalue weighted by Gasteiger charge is -2.23. The van der Waals surface area contributed by atoms with Gasteiger partial charge in [-0.3, -0.25) is 0 Å². The van der Waals surface area contributed by atoms with Crippen molar-refractivity contribution in [3.05, 3.63) is 0 Å². The van der Waals surface area contributed by atoms with E-state index >= 15 is 0 Å². The summed E-state index contributed by atoms with van der Waals surface area (Å²) < 4.78 is 5.57. The molecule has 0 aliphatic carbocycles. The van der Waals surface area contributed by atoms with Crippen LogP contribution in [0.5, 0.6) is 0 Å². The highest BCUT2D eigenvalue weighted by atomic mass is 32.2. The molecule has 0 spiro atoms. The minimum atomic E-state index is 0.541. The topological polar surface area (TPSA) is 9.23 Å². The summed E-state index contributed by atoms with van der Waals surface area (Å²) in [5.74, 6) is 3.18. The summed E-state index contributed by atoms with van der Waals surface area (Å²) in [4.78, 5) is 0. The maximum atomic E-state index is 5.57. The minimum absolute atomic E-state index is 0.541. The van der Waals surface area contributed by atoms with E-state index in [0.717, 1.165) is 12.5 Å². The van der Waals surface area contributed by atoms with Crippen LogP contribution in [0.2, 0.25) is 0 Å². The molecule has 1 heterocycles. The van der Waals surface area contributed by atoms with Crippen LogP contribution in [0.4, 0.5) is 0 Å². The normalized spacial score (nSPS) is 27.3. The van der Waals surface area contributed by atoms with Gasteiger partial charge in [-0.2, -0.15) is 11.8 Å². The molecule has 10 heavy (non-hydrogen) atoms. The molecule has 60 valence electrons. The Hall–Kier alpha value is 0.310. The van der Waals surface area contributed by atoms with Crippen molar-refractivity contribution in [3.63, 3.8) is 0 Å². The summed E-state index contributed by atoms with van der Waals surface area (Å²) in [5.41, 5.74) is 0. The third kappa shape index (κ3) is 2.93. The lowest BCUT2D eigenvalue weighted by molar-refractivity contribution is 0.0609. The molecule has 0 aromatic carbocycles. The average molecular weight is 160 g/mol. The van der Waals surface area contributed by atoms with Gasteiger partial charge in [0.1, 0.15) is 0 Å². The van der Waals surface area contributed by atoms with Crippen LogP contribution in [0.25, 0.3) is 0 Å². The molecule has 0 amide bonds. The van der Waals surface area contributed by atoms with Crippen LogP contribution in [0, 0.1) is 5.92 Å². The molecule has 2 heteroatoms. The van der Waals surface area contributed by atoms with Gasteiger partial charge in [-0.05, 0) is 12.3 Å². The Morgan fingerprint density at radius 1 is 1.60 bits per heavy atom. The van der Waals surface area contributed by atoms with E-state index in [1.165, 1.54) is 17.9 Å². The average Bonchev–Trinajstić information content (AvgIpc) is 1.88. The van der Waals surface area contributed by atoms with E-state index in [2.05, 4.69) is 13.8 Å². The Morgan fingerprint density at radius 3 is 2.90 bits per heavy atom. The third-order valence-electron chi connectivity index (χ3n) is 1.62. The van der Waals surface area contributed by atoms with Gasteiger partial charge in [-0.15, -0.1) is 0 Å². The molecule has 1 unspecified atom stereocenters. The van der Waals surface area contributed by atoms with Gasteiger partial charge in [0.05, 0.1) is 12.7 Å². The maximum absolute atomic E-state index is 5.57. The van der Waals surface area contributed by atoms with Crippen molar-refractivity contribution in [3.8, 4) is 0 Å². The molecule has 1 saturated heterocycles. The first-order valence-corrected chi connectivity index (χ1v) is 5.14. The zero-order valence-corrected chi connectivity index (χ0v) is 7.62. The molecule has 1 nitrogen and oxygen atoms in total. The van der Waals surface area contributed by atoms with Crippen LogP contribution >= 0.6 is 11.8 Å². The van der Waals surface area contributed by atoms with Crippen molar-refractivity contribution in [2.75, 3.05) is 18.1 Å². The quantitative estimate of drug-likeness (QED) is 0.612. The largest absolute Gasteiger partial charge is 0.376 e. The summed E-state index contributed by atoms with van der Waals surface area (Å²) in [6.07, 6.45) is 1.77. The van der Waals surface area contributed by atoms with Crippen LogP contribution in [0.3, 0.4) is 0 Å². The smallest absolute Gasteiger partial charge is 0.0668 e. The molecule has 0 N–H and O–H groups in total. The highest BCUT2D eigenvalue weighted by Gasteiger charge is 2.14. The Labute approximate surface area is 67.5 Å². The van der Waals surface area contributed by atoms with Crippen molar-refractivity contribution in [1.29, 1.82) is 0 Å². The van der Waals surface area contributed by atoms with Crippen LogP contribution in [0.1, 0.15) is 20.3 Å². The first kappa shape index (κ1) is 8.41. The van der Waals surface area contributed by atoms with E-state index in [1.54, 1.807) is 0 Å². The fourth-order valence-corrected chi connectivity index (χ4v) is 2.07. The fourth-order valence-electron chi connectivity index (χ4n) is 1.20. The highest BCUT2D eigenvalue weighted by Crippen LogP contribution is 2.18. The molecular weight excluding hydrogens is 144 g/mol. The predicted octanol–water partition coefficient (Wildman–Crippen LogP) is 2.16. The standard InChI is InChI=1S/C8H16OS/c1-7(2)5-8-6-10-4-3-9-8/h7-8H,3-6H2,1-2H3. The van der Waals surface area contributed by atoms with Crippen LogP contribution in [-0.4, -0.2) is 24.2 Å². The summed E-state index contributed by atoms with van der Waals surface area (Å²) in [5, 5.41) is 0. The molecule has 1 rings (SSSR count). The van der Waals surface area contributed by atoms with Crippen molar-refractivity contribution in [2.24, 2.45) is 5.92 Å². The van der Waals surface area contributed by atoms with Gasteiger partial charge in [0.15, 0.2) is 0 Å². The number of hydrogen-bond donors (Lipinski definition) is 0. The molecule has 0 saturated carbocycles.